The predicted octanol–water partition coefficient (Wildman–Crippen LogP) is 2.44. The highest BCUT2D eigenvalue weighted by Crippen LogP contribution is 2.20. The molecule has 120 valence electrons. The van der Waals surface area contributed by atoms with Crippen LogP contribution in [0.1, 0.15) is 6.42 Å². The summed E-state index contributed by atoms with van der Waals surface area (Å²) in [5, 5.41) is 0.858. The van der Waals surface area contributed by atoms with Crippen molar-refractivity contribution >= 4 is 19.8 Å². The minimum absolute atomic E-state index is 0.374. The molecule has 0 saturated heterocycles. The molecule has 0 fully saturated rings. The van der Waals surface area contributed by atoms with Crippen molar-refractivity contribution in [3.8, 4) is 5.75 Å². The van der Waals surface area contributed by atoms with Crippen LogP contribution in [0.2, 0.25) is 6.04 Å². The number of hydrogen-bond donors (Lipinski definition) is 0. The molecule has 1 aromatic carbocycles. The lowest BCUT2D eigenvalue weighted by Crippen LogP contribution is -2.42. The maximum absolute atomic E-state index is 11.2. The lowest BCUT2D eigenvalue weighted by atomic mass is 10.2. The lowest BCUT2D eigenvalue weighted by molar-refractivity contribution is 0.121. The second kappa shape index (κ2) is 7.55. The molecule has 0 saturated carbocycles. The number of rotatable bonds is 8. The average Bonchev–Trinajstić information content (AvgIpc) is 2.55. The zero-order chi connectivity index (χ0) is 16.0. The molecule has 0 bridgehead atoms. The lowest BCUT2D eigenvalue weighted by Gasteiger charge is -2.24. The van der Waals surface area contributed by atoms with Crippen LogP contribution in [0.5, 0.6) is 5.75 Å². The van der Waals surface area contributed by atoms with E-state index in [4.69, 9.17) is 22.4 Å². The summed E-state index contributed by atoms with van der Waals surface area (Å²) in [4.78, 5) is 11.2. The molecule has 1 heterocycles. The van der Waals surface area contributed by atoms with Crippen LogP contribution in [0.4, 0.5) is 0 Å². The van der Waals surface area contributed by atoms with E-state index in [1.54, 1.807) is 33.5 Å². The molecule has 0 aliphatic heterocycles. The summed E-state index contributed by atoms with van der Waals surface area (Å²) in [6.07, 6.45) is 0.735. The summed E-state index contributed by atoms with van der Waals surface area (Å²) in [5.41, 5.74) is 0.139. The van der Waals surface area contributed by atoms with Gasteiger partial charge < -0.3 is 22.4 Å². The van der Waals surface area contributed by atoms with Crippen LogP contribution >= 0.6 is 0 Å². The van der Waals surface area contributed by atoms with Gasteiger partial charge >= 0.3 is 14.4 Å². The fourth-order valence-corrected chi connectivity index (χ4v) is 3.86. The molecule has 7 heteroatoms. The summed E-state index contributed by atoms with van der Waals surface area (Å²) in [5.74, 6) is 0.654. The van der Waals surface area contributed by atoms with E-state index in [-0.39, 0.29) is 5.63 Å². The highest BCUT2D eigenvalue weighted by molar-refractivity contribution is 6.60. The molecule has 0 radical (unpaired) electrons. The second-order valence-corrected chi connectivity index (χ2v) is 7.79. The topological polar surface area (TPSA) is 67.1 Å². The molecule has 2 aromatic rings. The zero-order valence-electron chi connectivity index (χ0n) is 13.0. The van der Waals surface area contributed by atoms with Gasteiger partial charge in [-0.1, -0.05) is 0 Å². The van der Waals surface area contributed by atoms with Crippen LogP contribution in [0.3, 0.4) is 0 Å². The third-order valence-electron chi connectivity index (χ3n) is 3.42. The minimum Gasteiger partial charge on any atom is -0.493 e. The van der Waals surface area contributed by atoms with Crippen molar-refractivity contribution in [3.05, 3.63) is 40.8 Å². The van der Waals surface area contributed by atoms with Crippen LogP contribution < -0.4 is 10.4 Å². The van der Waals surface area contributed by atoms with E-state index in [0.29, 0.717) is 24.0 Å². The quantitative estimate of drug-likeness (QED) is 0.422. The van der Waals surface area contributed by atoms with E-state index >= 15 is 0 Å². The van der Waals surface area contributed by atoms with Crippen molar-refractivity contribution in [2.45, 2.75) is 12.5 Å². The number of hydrogen-bond acceptors (Lipinski definition) is 6. The van der Waals surface area contributed by atoms with E-state index in [9.17, 15) is 4.79 Å². The minimum atomic E-state index is -2.55. The molecular weight excluding hydrogens is 304 g/mol. The van der Waals surface area contributed by atoms with Gasteiger partial charge in [-0.25, -0.2) is 4.79 Å². The maximum Gasteiger partial charge on any atom is 0.500 e. The fourth-order valence-electron chi connectivity index (χ4n) is 2.17. The van der Waals surface area contributed by atoms with Gasteiger partial charge in [-0.15, -0.1) is 0 Å². The van der Waals surface area contributed by atoms with Crippen LogP contribution in [0.15, 0.2) is 39.5 Å². The van der Waals surface area contributed by atoms with Gasteiger partial charge in [0.25, 0.3) is 0 Å². The molecule has 0 aliphatic carbocycles. The zero-order valence-corrected chi connectivity index (χ0v) is 14.0. The molecular formula is C15H20O6Si. The third kappa shape index (κ3) is 3.95. The van der Waals surface area contributed by atoms with Gasteiger partial charge in [0.05, 0.1) is 6.61 Å². The monoisotopic (exact) mass is 324 g/mol. The van der Waals surface area contributed by atoms with Crippen molar-refractivity contribution in [2.24, 2.45) is 0 Å². The Hall–Kier alpha value is -1.67. The first-order chi connectivity index (χ1) is 10.6. The van der Waals surface area contributed by atoms with Gasteiger partial charge in [0.15, 0.2) is 0 Å². The fraction of sp³-hybridized carbons (Fsp3) is 0.400. The van der Waals surface area contributed by atoms with Crippen molar-refractivity contribution in [1.29, 1.82) is 0 Å². The number of benzene rings is 1. The van der Waals surface area contributed by atoms with Crippen molar-refractivity contribution < 1.29 is 22.4 Å². The Bertz CT molecular complexity index is 656. The summed E-state index contributed by atoms with van der Waals surface area (Å²) in [6, 6.07) is 9.19. The van der Waals surface area contributed by atoms with Gasteiger partial charge in [0.1, 0.15) is 11.3 Å². The molecule has 0 aliphatic rings. The van der Waals surface area contributed by atoms with Crippen molar-refractivity contribution in [2.75, 3.05) is 27.9 Å². The molecule has 0 amide bonds. The summed E-state index contributed by atoms with van der Waals surface area (Å²) in [6.45, 7) is 0.493. The Morgan fingerprint density at radius 1 is 1.05 bits per heavy atom. The van der Waals surface area contributed by atoms with E-state index in [1.807, 2.05) is 12.1 Å². The molecule has 2 rings (SSSR count). The first-order valence-corrected chi connectivity index (χ1v) is 8.88. The molecule has 6 nitrogen and oxygen atoms in total. The summed E-state index contributed by atoms with van der Waals surface area (Å²) < 4.78 is 26.8. The van der Waals surface area contributed by atoms with Crippen LogP contribution in [-0.2, 0) is 13.3 Å². The van der Waals surface area contributed by atoms with Gasteiger partial charge in [-0.05, 0) is 24.6 Å². The standard InChI is InChI=1S/C15H20O6Si/c1-17-22(18-2,19-3)10-4-9-20-13-7-5-12-6-8-15(16)21-14(12)11-13/h5-8,11H,4,9-10H2,1-3H3. The van der Waals surface area contributed by atoms with Crippen LogP contribution in [0, 0.1) is 0 Å². The molecule has 0 atom stereocenters. The Morgan fingerprint density at radius 2 is 1.73 bits per heavy atom. The Balaban J connectivity index is 1.93. The molecule has 1 aromatic heterocycles. The summed E-state index contributed by atoms with van der Waals surface area (Å²) in [7, 11) is 2.22. The Morgan fingerprint density at radius 3 is 2.41 bits per heavy atom. The second-order valence-electron chi connectivity index (χ2n) is 4.70. The first kappa shape index (κ1) is 16.7. The first-order valence-electron chi connectivity index (χ1n) is 6.94. The Labute approximate surface area is 129 Å². The van der Waals surface area contributed by atoms with E-state index in [0.717, 1.165) is 11.8 Å². The van der Waals surface area contributed by atoms with Gasteiger partial charge in [-0.3, -0.25) is 0 Å². The maximum atomic E-state index is 11.2. The van der Waals surface area contributed by atoms with E-state index in [1.165, 1.54) is 6.07 Å². The largest absolute Gasteiger partial charge is 0.500 e. The number of ether oxygens (including phenoxy) is 1. The van der Waals surface area contributed by atoms with E-state index in [2.05, 4.69) is 0 Å². The van der Waals surface area contributed by atoms with Crippen LogP contribution in [-0.4, -0.2) is 36.7 Å². The summed E-state index contributed by atoms with van der Waals surface area (Å²) >= 11 is 0. The normalized spacial score (nSPS) is 11.8. The molecule has 22 heavy (non-hydrogen) atoms. The third-order valence-corrected chi connectivity index (χ3v) is 6.26. The van der Waals surface area contributed by atoms with Crippen molar-refractivity contribution in [3.63, 3.8) is 0 Å². The average molecular weight is 324 g/mol. The highest BCUT2D eigenvalue weighted by atomic mass is 28.4. The van der Waals surface area contributed by atoms with Gasteiger partial charge in [0, 0.05) is 44.9 Å². The van der Waals surface area contributed by atoms with Gasteiger partial charge in [-0.2, -0.15) is 0 Å². The molecule has 0 N–H and O–H groups in total. The Kier molecular flexibility index (Phi) is 5.73. The molecule has 0 spiro atoms. The smallest absolute Gasteiger partial charge is 0.493 e. The SMILES string of the molecule is CO[Si](CCCOc1ccc2ccc(=O)oc2c1)(OC)OC. The van der Waals surface area contributed by atoms with E-state index < -0.39 is 8.80 Å². The van der Waals surface area contributed by atoms with Gasteiger partial charge in [0.2, 0.25) is 0 Å². The number of fused-ring (bicyclic) bond motifs is 1. The predicted molar refractivity (Wildman–Crippen MR) is 84.2 cm³/mol. The van der Waals surface area contributed by atoms with Crippen LogP contribution in [0.25, 0.3) is 11.0 Å². The van der Waals surface area contributed by atoms with Crippen molar-refractivity contribution in [1.82, 2.24) is 0 Å². The molecule has 0 unspecified atom stereocenters. The highest BCUT2D eigenvalue weighted by Gasteiger charge is 2.36.